The molecule has 0 aliphatic rings. The standard InChI is InChI=1S/C11H19BrN4O/c1-3-5-13-10-9(12)11(15-7-14-10)16-8(2)4-6-17/h7-8,17H,3-6H2,1-2H3,(H2,13,14,15,16). The maximum atomic E-state index is 8.86. The largest absolute Gasteiger partial charge is 0.396 e. The molecule has 1 atom stereocenters. The van der Waals surface area contributed by atoms with Crippen LogP contribution in [0, 0.1) is 0 Å². The first kappa shape index (κ1) is 14.2. The summed E-state index contributed by atoms with van der Waals surface area (Å²) in [4.78, 5) is 8.35. The van der Waals surface area contributed by atoms with Gasteiger partial charge in [0, 0.05) is 19.2 Å². The van der Waals surface area contributed by atoms with Crippen molar-refractivity contribution < 1.29 is 5.11 Å². The van der Waals surface area contributed by atoms with Gasteiger partial charge in [0.1, 0.15) is 22.4 Å². The fraction of sp³-hybridized carbons (Fsp3) is 0.636. The van der Waals surface area contributed by atoms with Crippen LogP contribution in [0.15, 0.2) is 10.8 Å². The SMILES string of the molecule is CCCNc1ncnc(NC(C)CCO)c1Br. The predicted octanol–water partition coefficient (Wildman–Crippen LogP) is 2.24. The molecule has 0 aliphatic carbocycles. The van der Waals surface area contributed by atoms with Gasteiger partial charge in [-0.2, -0.15) is 0 Å². The highest BCUT2D eigenvalue weighted by molar-refractivity contribution is 9.10. The van der Waals surface area contributed by atoms with Crippen LogP contribution in [0.5, 0.6) is 0 Å². The summed E-state index contributed by atoms with van der Waals surface area (Å²) in [6.07, 6.45) is 3.25. The topological polar surface area (TPSA) is 70.1 Å². The van der Waals surface area contributed by atoms with Crippen molar-refractivity contribution in [1.29, 1.82) is 0 Å². The molecule has 96 valence electrons. The van der Waals surface area contributed by atoms with E-state index in [0.717, 1.165) is 29.1 Å². The van der Waals surface area contributed by atoms with Gasteiger partial charge in [-0.15, -0.1) is 0 Å². The number of halogens is 1. The van der Waals surface area contributed by atoms with Crippen molar-refractivity contribution in [3.63, 3.8) is 0 Å². The summed E-state index contributed by atoms with van der Waals surface area (Å²) in [6, 6.07) is 0.172. The molecule has 0 aliphatic heterocycles. The fourth-order valence-corrected chi connectivity index (χ4v) is 1.80. The van der Waals surface area contributed by atoms with Crippen molar-refractivity contribution in [2.24, 2.45) is 0 Å². The Balaban J connectivity index is 2.72. The summed E-state index contributed by atoms with van der Waals surface area (Å²) in [5.41, 5.74) is 0. The van der Waals surface area contributed by atoms with Crippen LogP contribution in [0.3, 0.4) is 0 Å². The predicted molar refractivity (Wildman–Crippen MR) is 73.3 cm³/mol. The van der Waals surface area contributed by atoms with Gasteiger partial charge < -0.3 is 15.7 Å². The number of nitrogens with one attached hydrogen (secondary N) is 2. The van der Waals surface area contributed by atoms with Gasteiger partial charge in [0.15, 0.2) is 0 Å². The number of anilines is 2. The molecule has 0 bridgehead atoms. The van der Waals surface area contributed by atoms with Gasteiger partial charge in [0.05, 0.1) is 0 Å². The van der Waals surface area contributed by atoms with Crippen LogP contribution in [0.1, 0.15) is 26.7 Å². The summed E-state index contributed by atoms with van der Waals surface area (Å²) in [6.45, 7) is 5.15. The average Bonchev–Trinajstić information content (AvgIpc) is 2.30. The molecule has 1 heterocycles. The summed E-state index contributed by atoms with van der Waals surface area (Å²) in [7, 11) is 0. The third kappa shape index (κ3) is 4.47. The third-order valence-electron chi connectivity index (χ3n) is 2.28. The number of aliphatic hydroxyl groups is 1. The van der Waals surface area contributed by atoms with E-state index in [2.05, 4.69) is 43.5 Å². The first-order valence-corrected chi connectivity index (χ1v) is 6.60. The van der Waals surface area contributed by atoms with Crippen LogP contribution in [-0.4, -0.2) is 34.3 Å². The van der Waals surface area contributed by atoms with Crippen molar-refractivity contribution >= 4 is 27.6 Å². The van der Waals surface area contributed by atoms with Crippen molar-refractivity contribution in [3.05, 3.63) is 10.8 Å². The minimum absolute atomic E-state index is 0.164. The minimum atomic E-state index is 0.164. The minimum Gasteiger partial charge on any atom is -0.396 e. The molecule has 17 heavy (non-hydrogen) atoms. The Morgan fingerprint density at radius 1 is 1.41 bits per heavy atom. The van der Waals surface area contributed by atoms with E-state index in [1.54, 1.807) is 0 Å². The number of hydrogen-bond acceptors (Lipinski definition) is 5. The lowest BCUT2D eigenvalue weighted by atomic mass is 10.2. The summed E-state index contributed by atoms with van der Waals surface area (Å²) in [5.74, 6) is 1.54. The molecule has 0 saturated heterocycles. The summed E-state index contributed by atoms with van der Waals surface area (Å²) < 4.78 is 0.832. The van der Waals surface area contributed by atoms with Crippen LogP contribution in [0.2, 0.25) is 0 Å². The van der Waals surface area contributed by atoms with E-state index < -0.39 is 0 Å². The molecule has 0 saturated carbocycles. The number of aromatic nitrogens is 2. The van der Waals surface area contributed by atoms with Gasteiger partial charge in [-0.3, -0.25) is 0 Å². The maximum absolute atomic E-state index is 8.86. The van der Waals surface area contributed by atoms with E-state index in [1.165, 1.54) is 6.33 Å². The molecular weight excluding hydrogens is 284 g/mol. The normalized spacial score (nSPS) is 12.2. The zero-order chi connectivity index (χ0) is 12.7. The molecular formula is C11H19BrN4O. The van der Waals surface area contributed by atoms with Gasteiger partial charge in [-0.1, -0.05) is 6.92 Å². The van der Waals surface area contributed by atoms with E-state index in [-0.39, 0.29) is 12.6 Å². The van der Waals surface area contributed by atoms with Crippen molar-refractivity contribution in [2.75, 3.05) is 23.8 Å². The van der Waals surface area contributed by atoms with Gasteiger partial charge in [-0.05, 0) is 35.7 Å². The molecule has 0 aromatic carbocycles. The highest BCUT2D eigenvalue weighted by Gasteiger charge is 2.10. The average molecular weight is 303 g/mol. The highest BCUT2D eigenvalue weighted by atomic mass is 79.9. The molecule has 0 spiro atoms. The van der Waals surface area contributed by atoms with Crippen molar-refractivity contribution in [2.45, 2.75) is 32.7 Å². The molecule has 0 radical (unpaired) electrons. The van der Waals surface area contributed by atoms with E-state index in [0.29, 0.717) is 6.42 Å². The Morgan fingerprint density at radius 2 is 2.12 bits per heavy atom. The fourth-order valence-electron chi connectivity index (χ4n) is 1.34. The molecule has 6 heteroatoms. The molecule has 0 amide bonds. The number of rotatable bonds is 7. The van der Waals surface area contributed by atoms with Crippen LogP contribution < -0.4 is 10.6 Å². The second kappa shape index (κ2) is 7.45. The quantitative estimate of drug-likeness (QED) is 0.721. The number of nitrogens with zero attached hydrogens (tertiary/aromatic N) is 2. The Hall–Kier alpha value is -0.880. The van der Waals surface area contributed by atoms with Crippen LogP contribution >= 0.6 is 15.9 Å². The first-order chi connectivity index (χ1) is 8.19. The molecule has 1 unspecified atom stereocenters. The monoisotopic (exact) mass is 302 g/mol. The third-order valence-corrected chi connectivity index (χ3v) is 3.03. The highest BCUT2D eigenvalue weighted by Crippen LogP contribution is 2.27. The van der Waals surface area contributed by atoms with Crippen LogP contribution in [0.25, 0.3) is 0 Å². The van der Waals surface area contributed by atoms with Crippen LogP contribution in [0.4, 0.5) is 11.6 Å². The van der Waals surface area contributed by atoms with Crippen molar-refractivity contribution in [3.8, 4) is 0 Å². The molecule has 1 aromatic heterocycles. The van der Waals surface area contributed by atoms with E-state index in [9.17, 15) is 0 Å². The molecule has 1 aromatic rings. The Labute approximate surface area is 110 Å². The maximum Gasteiger partial charge on any atom is 0.146 e. The van der Waals surface area contributed by atoms with Gasteiger partial charge in [0.25, 0.3) is 0 Å². The van der Waals surface area contributed by atoms with Crippen LogP contribution in [-0.2, 0) is 0 Å². The van der Waals surface area contributed by atoms with Crippen molar-refractivity contribution in [1.82, 2.24) is 9.97 Å². The van der Waals surface area contributed by atoms with Gasteiger partial charge >= 0.3 is 0 Å². The lowest BCUT2D eigenvalue weighted by molar-refractivity contribution is 0.282. The molecule has 1 rings (SSSR count). The Morgan fingerprint density at radius 3 is 2.76 bits per heavy atom. The summed E-state index contributed by atoms with van der Waals surface area (Å²) >= 11 is 3.48. The molecule has 0 fully saturated rings. The lowest BCUT2D eigenvalue weighted by Gasteiger charge is -2.15. The Bertz CT molecular complexity index is 348. The van der Waals surface area contributed by atoms with E-state index in [4.69, 9.17) is 5.11 Å². The smallest absolute Gasteiger partial charge is 0.146 e. The molecule has 5 nitrogen and oxygen atoms in total. The second-order valence-corrected chi connectivity index (χ2v) is 4.66. The molecule has 3 N–H and O–H groups in total. The first-order valence-electron chi connectivity index (χ1n) is 5.80. The second-order valence-electron chi connectivity index (χ2n) is 3.87. The van der Waals surface area contributed by atoms with Gasteiger partial charge in [0.2, 0.25) is 0 Å². The summed E-state index contributed by atoms with van der Waals surface area (Å²) in [5, 5.41) is 15.3. The number of hydrogen-bond donors (Lipinski definition) is 3. The lowest BCUT2D eigenvalue weighted by Crippen LogP contribution is -2.18. The number of aliphatic hydroxyl groups excluding tert-OH is 1. The zero-order valence-corrected chi connectivity index (χ0v) is 11.8. The zero-order valence-electron chi connectivity index (χ0n) is 10.2. The Kier molecular flexibility index (Phi) is 6.21. The van der Waals surface area contributed by atoms with E-state index in [1.807, 2.05) is 6.92 Å². The van der Waals surface area contributed by atoms with E-state index >= 15 is 0 Å². The van der Waals surface area contributed by atoms with Gasteiger partial charge in [-0.25, -0.2) is 9.97 Å².